The van der Waals surface area contributed by atoms with Crippen LogP contribution in [0, 0.1) is 0 Å². The first-order valence-corrected chi connectivity index (χ1v) is 5.92. The molecule has 2 atom stereocenters. The number of rotatable bonds is 4. The summed E-state index contributed by atoms with van der Waals surface area (Å²) in [7, 11) is 1.63. The largest absolute Gasteiger partial charge is 0.497 e. The van der Waals surface area contributed by atoms with Crippen molar-refractivity contribution in [3.05, 3.63) is 29.8 Å². The van der Waals surface area contributed by atoms with Crippen LogP contribution in [0.4, 0.5) is 0 Å². The van der Waals surface area contributed by atoms with E-state index in [1.807, 2.05) is 24.3 Å². The second-order valence-electron chi connectivity index (χ2n) is 4.25. The molecule has 0 spiro atoms. The van der Waals surface area contributed by atoms with Crippen molar-refractivity contribution in [2.24, 2.45) is 0 Å². The van der Waals surface area contributed by atoms with Gasteiger partial charge in [0.2, 0.25) is 0 Å². The molecule has 2 unspecified atom stereocenters. The van der Waals surface area contributed by atoms with Gasteiger partial charge < -0.3 is 19.9 Å². The quantitative estimate of drug-likeness (QED) is 0.823. The Balaban J connectivity index is 1.95. The molecule has 4 heteroatoms. The van der Waals surface area contributed by atoms with E-state index < -0.39 is 6.10 Å². The highest BCUT2D eigenvalue weighted by Crippen LogP contribution is 2.22. The number of ether oxygens (including phenoxy) is 2. The van der Waals surface area contributed by atoms with Crippen LogP contribution < -0.4 is 10.1 Å². The summed E-state index contributed by atoms with van der Waals surface area (Å²) in [6.45, 7) is 2.28. The minimum atomic E-state index is -0.482. The molecule has 2 N–H and O–H groups in total. The van der Waals surface area contributed by atoms with Crippen molar-refractivity contribution in [3.63, 3.8) is 0 Å². The van der Waals surface area contributed by atoms with Gasteiger partial charge in [0.15, 0.2) is 0 Å². The van der Waals surface area contributed by atoms with Crippen LogP contribution in [0.25, 0.3) is 0 Å². The van der Waals surface area contributed by atoms with Crippen LogP contribution in [-0.4, -0.2) is 38.0 Å². The van der Waals surface area contributed by atoms with Crippen molar-refractivity contribution in [1.29, 1.82) is 0 Å². The Labute approximate surface area is 102 Å². The van der Waals surface area contributed by atoms with Gasteiger partial charge in [-0.1, -0.05) is 12.1 Å². The fourth-order valence-corrected chi connectivity index (χ4v) is 2.03. The summed E-state index contributed by atoms with van der Waals surface area (Å²) in [5.41, 5.74) is 0.886. The van der Waals surface area contributed by atoms with Crippen LogP contribution in [0.5, 0.6) is 5.75 Å². The van der Waals surface area contributed by atoms with E-state index in [-0.39, 0.29) is 6.04 Å². The number of hydrogen-bond donors (Lipinski definition) is 2. The number of benzene rings is 1. The first-order chi connectivity index (χ1) is 8.29. The summed E-state index contributed by atoms with van der Waals surface area (Å²) >= 11 is 0. The second-order valence-corrected chi connectivity index (χ2v) is 4.25. The van der Waals surface area contributed by atoms with E-state index in [4.69, 9.17) is 9.47 Å². The number of aliphatic hydroxyl groups excluding tert-OH is 1. The number of methoxy groups -OCH3 is 1. The molecule has 1 aromatic carbocycles. The first kappa shape index (κ1) is 12.4. The van der Waals surface area contributed by atoms with E-state index in [1.165, 1.54) is 0 Å². The van der Waals surface area contributed by atoms with E-state index in [2.05, 4.69) is 5.32 Å². The van der Waals surface area contributed by atoms with Gasteiger partial charge in [-0.2, -0.15) is 0 Å². The molecule has 1 fully saturated rings. The Morgan fingerprint density at radius 3 is 3.18 bits per heavy atom. The van der Waals surface area contributed by atoms with Crippen LogP contribution in [0.3, 0.4) is 0 Å². The lowest BCUT2D eigenvalue weighted by molar-refractivity contribution is 0.0518. The maximum Gasteiger partial charge on any atom is 0.119 e. The van der Waals surface area contributed by atoms with Crippen molar-refractivity contribution in [2.45, 2.75) is 18.6 Å². The van der Waals surface area contributed by atoms with Crippen LogP contribution in [0.2, 0.25) is 0 Å². The van der Waals surface area contributed by atoms with Crippen LogP contribution >= 0.6 is 0 Å². The van der Waals surface area contributed by atoms with Gasteiger partial charge in [0.1, 0.15) is 5.75 Å². The van der Waals surface area contributed by atoms with Gasteiger partial charge >= 0.3 is 0 Å². The fourth-order valence-electron chi connectivity index (χ4n) is 2.03. The molecule has 1 heterocycles. The third-order valence-electron chi connectivity index (χ3n) is 2.98. The van der Waals surface area contributed by atoms with Crippen LogP contribution in [-0.2, 0) is 4.74 Å². The molecule has 94 valence electrons. The molecule has 0 bridgehead atoms. The lowest BCUT2D eigenvalue weighted by Crippen LogP contribution is -2.42. The van der Waals surface area contributed by atoms with Crippen LogP contribution in [0.15, 0.2) is 24.3 Å². The molecule has 0 amide bonds. The molecular weight excluding hydrogens is 218 g/mol. The second kappa shape index (κ2) is 6.00. The molecule has 1 aliphatic rings. The highest BCUT2D eigenvalue weighted by molar-refractivity contribution is 5.29. The normalized spacial score (nSPS) is 22.1. The molecule has 1 aromatic rings. The maximum atomic E-state index is 10.1. The zero-order valence-electron chi connectivity index (χ0n) is 10.1. The third kappa shape index (κ3) is 3.43. The van der Waals surface area contributed by atoms with Gasteiger partial charge in [0, 0.05) is 12.6 Å². The predicted molar refractivity (Wildman–Crippen MR) is 65.2 cm³/mol. The minimum Gasteiger partial charge on any atom is -0.497 e. The molecular formula is C13H19NO3. The number of nitrogens with one attached hydrogen (secondary N) is 1. The summed E-state index contributed by atoms with van der Waals surface area (Å²) in [6, 6.07) is 7.77. The molecule has 1 aliphatic heterocycles. The molecule has 0 aliphatic carbocycles. The number of hydrogen-bond acceptors (Lipinski definition) is 4. The van der Waals surface area contributed by atoms with E-state index in [0.29, 0.717) is 13.0 Å². The zero-order valence-corrected chi connectivity index (χ0v) is 10.1. The fraction of sp³-hybridized carbons (Fsp3) is 0.538. The smallest absolute Gasteiger partial charge is 0.119 e. The Bertz CT molecular complexity index is 350. The highest BCUT2D eigenvalue weighted by atomic mass is 16.5. The summed E-state index contributed by atoms with van der Waals surface area (Å²) in [5.74, 6) is 0.773. The summed E-state index contributed by atoms with van der Waals surface area (Å²) in [6.07, 6.45) is 0.178. The lowest BCUT2D eigenvalue weighted by atomic mass is 10.0. The summed E-state index contributed by atoms with van der Waals surface area (Å²) < 4.78 is 10.5. The molecule has 0 saturated carbocycles. The van der Waals surface area contributed by atoms with E-state index >= 15 is 0 Å². The Morgan fingerprint density at radius 1 is 1.59 bits per heavy atom. The molecule has 4 nitrogen and oxygen atoms in total. The Kier molecular flexibility index (Phi) is 4.36. The highest BCUT2D eigenvalue weighted by Gasteiger charge is 2.18. The van der Waals surface area contributed by atoms with Crippen LogP contribution in [0.1, 0.15) is 18.1 Å². The number of morpholine rings is 1. The van der Waals surface area contributed by atoms with E-state index in [9.17, 15) is 5.11 Å². The molecule has 1 saturated heterocycles. The van der Waals surface area contributed by atoms with Crippen molar-refractivity contribution in [1.82, 2.24) is 5.32 Å². The van der Waals surface area contributed by atoms with Crippen molar-refractivity contribution < 1.29 is 14.6 Å². The van der Waals surface area contributed by atoms with Gasteiger partial charge in [-0.05, 0) is 24.1 Å². The Morgan fingerprint density at radius 2 is 2.47 bits per heavy atom. The third-order valence-corrected chi connectivity index (χ3v) is 2.98. The van der Waals surface area contributed by atoms with Gasteiger partial charge in [-0.25, -0.2) is 0 Å². The van der Waals surface area contributed by atoms with Gasteiger partial charge in [0.05, 0.1) is 26.4 Å². The van der Waals surface area contributed by atoms with Crippen molar-refractivity contribution >= 4 is 0 Å². The molecule has 0 aromatic heterocycles. The first-order valence-electron chi connectivity index (χ1n) is 5.92. The summed E-state index contributed by atoms with van der Waals surface area (Å²) in [4.78, 5) is 0. The van der Waals surface area contributed by atoms with Gasteiger partial charge in [0.25, 0.3) is 0 Å². The maximum absolute atomic E-state index is 10.1. The SMILES string of the molecule is COc1cccc(C(O)CC2COCCN2)c1. The molecule has 2 rings (SSSR count). The molecule has 0 radical (unpaired) electrons. The lowest BCUT2D eigenvalue weighted by Gasteiger charge is -2.26. The molecule has 17 heavy (non-hydrogen) atoms. The van der Waals surface area contributed by atoms with Gasteiger partial charge in [-0.15, -0.1) is 0 Å². The van der Waals surface area contributed by atoms with E-state index in [0.717, 1.165) is 24.5 Å². The average Bonchev–Trinajstić information content (AvgIpc) is 2.40. The monoisotopic (exact) mass is 237 g/mol. The van der Waals surface area contributed by atoms with Crippen molar-refractivity contribution in [3.8, 4) is 5.75 Å². The standard InChI is InChI=1S/C13H19NO3/c1-16-12-4-2-3-10(7-12)13(15)8-11-9-17-6-5-14-11/h2-4,7,11,13-15H,5-6,8-9H2,1H3. The minimum absolute atomic E-state index is 0.227. The van der Waals surface area contributed by atoms with Crippen molar-refractivity contribution in [2.75, 3.05) is 26.9 Å². The zero-order chi connectivity index (χ0) is 12.1. The number of aliphatic hydroxyl groups is 1. The average molecular weight is 237 g/mol. The van der Waals surface area contributed by atoms with E-state index in [1.54, 1.807) is 7.11 Å². The predicted octanol–water partition coefficient (Wildman–Crippen LogP) is 1.11. The summed E-state index contributed by atoms with van der Waals surface area (Å²) in [5, 5.41) is 13.5. The Hall–Kier alpha value is -1.10. The topological polar surface area (TPSA) is 50.7 Å². The van der Waals surface area contributed by atoms with Gasteiger partial charge in [-0.3, -0.25) is 0 Å².